The molecule has 1 aromatic carbocycles. The highest BCUT2D eigenvalue weighted by Crippen LogP contribution is 2.28. The van der Waals surface area contributed by atoms with Gasteiger partial charge in [0.05, 0.1) is 18.1 Å². The van der Waals surface area contributed by atoms with Crippen LogP contribution in [-0.2, 0) is 0 Å². The number of carbonyl (C=O) groups is 1. The first kappa shape index (κ1) is 11.6. The van der Waals surface area contributed by atoms with E-state index in [1.165, 1.54) is 12.1 Å². The van der Waals surface area contributed by atoms with Gasteiger partial charge in [-0.2, -0.15) is 5.26 Å². The lowest BCUT2D eigenvalue weighted by Crippen LogP contribution is -2.34. The molecule has 88 valence electrons. The minimum Gasteiger partial charge on any atom is -0.335 e. The van der Waals surface area contributed by atoms with Crippen LogP contribution in [0.1, 0.15) is 29.6 Å². The van der Waals surface area contributed by atoms with Gasteiger partial charge in [0.25, 0.3) is 5.91 Å². The molecule has 1 amide bonds. The molecule has 1 saturated carbocycles. The van der Waals surface area contributed by atoms with Crippen molar-refractivity contribution in [2.24, 2.45) is 0 Å². The molecule has 17 heavy (non-hydrogen) atoms. The molecule has 2 rings (SSSR count). The number of hydrogen-bond acceptors (Lipinski definition) is 2. The first-order chi connectivity index (χ1) is 8.24. The van der Waals surface area contributed by atoms with Crippen LogP contribution in [0.25, 0.3) is 0 Å². The summed E-state index contributed by atoms with van der Waals surface area (Å²) < 4.78 is 13.5. The standard InChI is InChI=1S/C13H13FN2O/c14-12-5-2-1-4-11(12)13(17)16(9-3-8-15)10-6-7-10/h1-2,4-5,10H,3,6-7,9H2. The minimum absolute atomic E-state index is 0.0948. The molecule has 0 N–H and O–H groups in total. The number of nitrogens with zero attached hydrogens (tertiary/aromatic N) is 2. The minimum atomic E-state index is -0.500. The van der Waals surface area contributed by atoms with Crippen molar-refractivity contribution in [3.8, 4) is 6.07 Å². The second-order valence-electron chi connectivity index (χ2n) is 4.12. The van der Waals surface area contributed by atoms with E-state index in [1.54, 1.807) is 17.0 Å². The molecule has 0 aromatic heterocycles. The number of benzene rings is 1. The number of rotatable bonds is 4. The molecule has 0 radical (unpaired) electrons. The third-order valence-corrected chi connectivity index (χ3v) is 2.82. The monoisotopic (exact) mass is 232 g/mol. The Morgan fingerprint density at radius 1 is 1.47 bits per heavy atom. The van der Waals surface area contributed by atoms with Crippen LogP contribution in [0.3, 0.4) is 0 Å². The Hall–Kier alpha value is -1.89. The van der Waals surface area contributed by atoms with Crippen molar-refractivity contribution in [3.05, 3.63) is 35.6 Å². The van der Waals surface area contributed by atoms with Crippen LogP contribution in [0.5, 0.6) is 0 Å². The molecule has 1 fully saturated rings. The van der Waals surface area contributed by atoms with Crippen molar-refractivity contribution >= 4 is 5.91 Å². The molecular weight excluding hydrogens is 219 g/mol. The smallest absolute Gasteiger partial charge is 0.257 e. The lowest BCUT2D eigenvalue weighted by atomic mass is 10.1. The van der Waals surface area contributed by atoms with Crippen LogP contribution < -0.4 is 0 Å². The number of amides is 1. The van der Waals surface area contributed by atoms with E-state index < -0.39 is 5.82 Å². The van der Waals surface area contributed by atoms with Crippen LogP contribution >= 0.6 is 0 Å². The lowest BCUT2D eigenvalue weighted by Gasteiger charge is -2.21. The molecule has 4 heteroatoms. The largest absolute Gasteiger partial charge is 0.335 e. The predicted octanol–water partition coefficient (Wildman–Crippen LogP) is 2.34. The Balaban J connectivity index is 2.16. The highest BCUT2D eigenvalue weighted by atomic mass is 19.1. The van der Waals surface area contributed by atoms with Gasteiger partial charge in [0.15, 0.2) is 0 Å². The maximum Gasteiger partial charge on any atom is 0.257 e. The first-order valence-electron chi connectivity index (χ1n) is 5.66. The van der Waals surface area contributed by atoms with Gasteiger partial charge < -0.3 is 4.90 Å². The van der Waals surface area contributed by atoms with Crippen LogP contribution in [0.4, 0.5) is 4.39 Å². The average molecular weight is 232 g/mol. The third kappa shape index (κ3) is 2.62. The van der Waals surface area contributed by atoms with Gasteiger partial charge in [0.2, 0.25) is 0 Å². The van der Waals surface area contributed by atoms with E-state index in [0.717, 1.165) is 12.8 Å². The van der Waals surface area contributed by atoms with E-state index in [4.69, 9.17) is 5.26 Å². The summed E-state index contributed by atoms with van der Waals surface area (Å²) in [6.07, 6.45) is 2.19. The Labute approximate surface area is 99.5 Å². The van der Waals surface area contributed by atoms with Crippen molar-refractivity contribution in [1.82, 2.24) is 4.90 Å². The van der Waals surface area contributed by atoms with Crippen molar-refractivity contribution in [1.29, 1.82) is 5.26 Å². The molecule has 1 aliphatic carbocycles. The molecular formula is C13H13FN2O. The molecule has 0 unspecified atom stereocenters. The molecule has 1 aliphatic rings. The van der Waals surface area contributed by atoms with E-state index in [2.05, 4.69) is 0 Å². The van der Waals surface area contributed by atoms with Gasteiger partial charge in [-0.1, -0.05) is 12.1 Å². The molecule has 1 aromatic rings. The highest BCUT2D eigenvalue weighted by Gasteiger charge is 2.33. The van der Waals surface area contributed by atoms with Gasteiger partial charge in [-0.05, 0) is 25.0 Å². The summed E-state index contributed by atoms with van der Waals surface area (Å²) in [4.78, 5) is 13.7. The maximum atomic E-state index is 13.5. The van der Waals surface area contributed by atoms with Crippen LogP contribution in [0, 0.1) is 17.1 Å². The maximum absolute atomic E-state index is 13.5. The van der Waals surface area contributed by atoms with E-state index in [-0.39, 0.29) is 23.9 Å². The average Bonchev–Trinajstić information content (AvgIpc) is 3.14. The zero-order valence-corrected chi connectivity index (χ0v) is 9.40. The number of halogens is 1. The fourth-order valence-electron chi connectivity index (χ4n) is 1.80. The van der Waals surface area contributed by atoms with Gasteiger partial charge in [-0.15, -0.1) is 0 Å². The summed E-state index contributed by atoms with van der Waals surface area (Å²) >= 11 is 0. The second kappa shape index (κ2) is 4.96. The molecule has 3 nitrogen and oxygen atoms in total. The Kier molecular flexibility index (Phi) is 3.38. The SMILES string of the molecule is N#CCCN(C(=O)c1ccccc1F)C1CC1. The van der Waals surface area contributed by atoms with Crippen LogP contribution in [0.15, 0.2) is 24.3 Å². The van der Waals surface area contributed by atoms with Crippen LogP contribution in [-0.4, -0.2) is 23.4 Å². The number of hydrogen-bond donors (Lipinski definition) is 0. The zero-order chi connectivity index (χ0) is 12.3. The fraction of sp³-hybridized carbons (Fsp3) is 0.385. The van der Waals surface area contributed by atoms with Gasteiger partial charge in [-0.3, -0.25) is 4.79 Å². The van der Waals surface area contributed by atoms with E-state index in [1.807, 2.05) is 6.07 Å². The molecule has 0 bridgehead atoms. The lowest BCUT2D eigenvalue weighted by molar-refractivity contribution is 0.0742. The predicted molar refractivity (Wildman–Crippen MR) is 60.7 cm³/mol. The van der Waals surface area contributed by atoms with Crippen molar-refractivity contribution < 1.29 is 9.18 Å². The van der Waals surface area contributed by atoms with E-state index in [0.29, 0.717) is 6.54 Å². The number of carbonyl (C=O) groups excluding carboxylic acids is 1. The quantitative estimate of drug-likeness (QED) is 0.799. The van der Waals surface area contributed by atoms with Crippen molar-refractivity contribution in [3.63, 3.8) is 0 Å². The molecule has 0 spiro atoms. The van der Waals surface area contributed by atoms with Gasteiger partial charge >= 0.3 is 0 Å². The second-order valence-corrected chi connectivity index (χ2v) is 4.12. The van der Waals surface area contributed by atoms with E-state index >= 15 is 0 Å². The Morgan fingerprint density at radius 2 is 2.18 bits per heavy atom. The summed E-state index contributed by atoms with van der Waals surface area (Å²) in [5.41, 5.74) is 0.0948. The summed E-state index contributed by atoms with van der Waals surface area (Å²) in [5, 5.41) is 8.56. The Bertz CT molecular complexity index is 463. The van der Waals surface area contributed by atoms with Gasteiger partial charge in [0.1, 0.15) is 5.82 Å². The summed E-state index contributed by atoms with van der Waals surface area (Å²) in [7, 11) is 0. The van der Waals surface area contributed by atoms with Crippen molar-refractivity contribution in [2.75, 3.05) is 6.54 Å². The fourth-order valence-corrected chi connectivity index (χ4v) is 1.80. The first-order valence-corrected chi connectivity index (χ1v) is 5.66. The van der Waals surface area contributed by atoms with E-state index in [9.17, 15) is 9.18 Å². The zero-order valence-electron chi connectivity index (χ0n) is 9.40. The summed E-state index contributed by atoms with van der Waals surface area (Å²) in [5.74, 6) is -0.805. The molecule has 0 heterocycles. The van der Waals surface area contributed by atoms with Gasteiger partial charge in [-0.25, -0.2) is 4.39 Å². The summed E-state index contributed by atoms with van der Waals surface area (Å²) in [6, 6.07) is 8.17. The topological polar surface area (TPSA) is 44.1 Å². The van der Waals surface area contributed by atoms with Crippen molar-refractivity contribution in [2.45, 2.75) is 25.3 Å². The van der Waals surface area contributed by atoms with Gasteiger partial charge in [0, 0.05) is 12.6 Å². The third-order valence-electron chi connectivity index (χ3n) is 2.82. The molecule has 0 atom stereocenters. The number of nitriles is 1. The molecule has 0 aliphatic heterocycles. The van der Waals surface area contributed by atoms with Crippen LogP contribution in [0.2, 0.25) is 0 Å². The normalized spacial score (nSPS) is 14.1. The molecule has 0 saturated heterocycles. The Morgan fingerprint density at radius 3 is 2.76 bits per heavy atom. The summed E-state index contributed by atoms with van der Waals surface area (Å²) in [6.45, 7) is 0.383. The highest BCUT2D eigenvalue weighted by molar-refractivity contribution is 5.94.